The van der Waals surface area contributed by atoms with E-state index in [0.29, 0.717) is 37.7 Å². The molecule has 6 rings (SSSR count). The van der Waals surface area contributed by atoms with Crippen molar-refractivity contribution in [2.24, 2.45) is 5.90 Å². The maximum absolute atomic E-state index is 14.4. The van der Waals surface area contributed by atoms with Gasteiger partial charge in [0.25, 0.3) is 17.7 Å². The zero-order valence-electron chi connectivity index (χ0n) is 54.6. The van der Waals surface area contributed by atoms with Gasteiger partial charge in [-0.3, -0.25) is 39.4 Å². The zero-order chi connectivity index (χ0) is 69.7. The van der Waals surface area contributed by atoms with Gasteiger partial charge in [-0.05, 0) is 82.7 Å². The van der Waals surface area contributed by atoms with E-state index in [1.807, 2.05) is 0 Å². The summed E-state index contributed by atoms with van der Waals surface area (Å²) >= 11 is 0. The molecular weight excluding hydrogens is 1250 g/mol. The number of rotatable bonds is 31. The molecule has 0 radical (unpaired) electrons. The number of anilines is 2. The second kappa shape index (κ2) is 35.3. The van der Waals surface area contributed by atoms with Crippen molar-refractivity contribution < 1.29 is 120 Å². The number of hydrogen-bond donors (Lipinski definition) is 6. The Kier molecular flexibility index (Phi) is 27.8. The molecule has 3 heterocycles. The molecule has 0 spiro atoms. The number of likely N-dealkylation sites (tertiary alicyclic amines) is 2. The standard InChI is InChI=1S/C64H84N6O25/c1-35-23-41(32-71)69(30-35)58(77)43-26-49(82-9)51(86-18-13-12-14-19-87-52-29-47(68-63(81)95-64(6,7)8)44(27-50(52)83-10)59(78)70-31-36(2)24-42(70)33-72)28-46(43)67-62(80)88-34-40-15-16-48(45(25-40)57(76)66-17-20-85-21-22-89-65)93-61-56(92-39(5)75)54(91-38(4)74)53(90-37(3)73)55(94-61)60(79)84-11/h15-16,25-29,41-42,53-56,61,71-72H,1-2,12-14,17-24,30-34,65H2,3-11H3,(H,66,76)(H,67,80)(H,68,81)/t41-,42-,53-,54-,55-,56+,61+/m0/s1. The van der Waals surface area contributed by atoms with Crippen LogP contribution in [0.5, 0.6) is 28.7 Å². The van der Waals surface area contributed by atoms with E-state index in [-0.39, 0.29) is 128 Å². The van der Waals surface area contributed by atoms with Gasteiger partial charge in [0.1, 0.15) is 18.0 Å². The molecular formula is C64H84N6O25. The molecule has 0 bridgehead atoms. The predicted molar refractivity (Wildman–Crippen MR) is 334 cm³/mol. The largest absolute Gasteiger partial charge is 0.493 e. The van der Waals surface area contributed by atoms with Crippen LogP contribution in [-0.2, 0) is 68.5 Å². The smallest absolute Gasteiger partial charge is 0.412 e. The number of aliphatic hydroxyl groups excluding tert-OH is 2. The van der Waals surface area contributed by atoms with Gasteiger partial charge in [-0.1, -0.05) is 30.4 Å². The monoisotopic (exact) mass is 1340 g/mol. The number of hydrogen-bond acceptors (Lipinski definition) is 26. The van der Waals surface area contributed by atoms with E-state index >= 15 is 0 Å². The predicted octanol–water partition coefficient (Wildman–Crippen LogP) is 4.66. The maximum Gasteiger partial charge on any atom is 0.412 e. The summed E-state index contributed by atoms with van der Waals surface area (Å²) in [5.41, 5.74) is 0.565. The van der Waals surface area contributed by atoms with E-state index in [1.54, 1.807) is 20.8 Å². The van der Waals surface area contributed by atoms with E-state index in [4.69, 9.17) is 67.5 Å². The van der Waals surface area contributed by atoms with E-state index in [9.17, 15) is 53.4 Å². The molecule has 0 unspecified atom stereocenters. The van der Waals surface area contributed by atoms with Gasteiger partial charge in [-0.2, -0.15) is 0 Å². The van der Waals surface area contributed by atoms with Crippen molar-refractivity contribution in [3.63, 3.8) is 0 Å². The SMILES string of the molecule is C=C1C[C@@H](CO)N(C(=O)c2cc(OC)c(OCCCCCOc3cc(NC(=O)OC(C)(C)C)c(C(=O)N4CC(=C)C[C@H]4CO)cc3OC)cc2NC(=O)OCc2ccc(O[C@@H]3O[C@H](C(=O)OC)[C@@H](OC(C)=O)[C@H](OC(C)=O)[C@H]3OC(C)=O)c(C(=O)NCCOCCON)c2)C1. The highest BCUT2D eigenvalue weighted by Gasteiger charge is 2.56. The fraction of sp³-hybridized carbons (Fsp3) is 0.516. The molecule has 0 saturated carbocycles. The lowest BCUT2D eigenvalue weighted by molar-refractivity contribution is -0.282. The molecule has 3 fully saturated rings. The summed E-state index contributed by atoms with van der Waals surface area (Å²) in [4.78, 5) is 127. The molecule has 31 heteroatoms. The second-order valence-corrected chi connectivity index (χ2v) is 23.0. The summed E-state index contributed by atoms with van der Waals surface area (Å²) in [5, 5.41) is 28.3. The summed E-state index contributed by atoms with van der Waals surface area (Å²) < 4.78 is 73.6. The molecule has 0 aromatic heterocycles. The Hall–Kier alpha value is -9.27. The first-order valence-corrected chi connectivity index (χ1v) is 30.3. The molecule has 520 valence electrons. The Morgan fingerprint density at radius 3 is 1.65 bits per heavy atom. The minimum absolute atomic E-state index is 0.00613. The normalized spacial score (nSPS) is 19.2. The molecule has 7 atom stereocenters. The molecule has 0 aliphatic carbocycles. The van der Waals surface area contributed by atoms with E-state index in [1.165, 1.54) is 66.5 Å². The van der Waals surface area contributed by atoms with Gasteiger partial charge < -0.3 is 91.7 Å². The highest BCUT2D eigenvalue weighted by atomic mass is 16.7. The third kappa shape index (κ3) is 21.1. The van der Waals surface area contributed by atoms with Crippen molar-refractivity contribution in [3.05, 3.63) is 89.0 Å². The number of ether oxygens (including phenoxy) is 13. The number of aliphatic hydroxyl groups is 2. The number of nitrogens with one attached hydrogen (secondary N) is 3. The van der Waals surface area contributed by atoms with Gasteiger partial charge >= 0.3 is 36.1 Å². The molecule has 3 aliphatic rings. The van der Waals surface area contributed by atoms with Gasteiger partial charge in [0, 0.05) is 52.5 Å². The number of benzene rings is 3. The Balaban J connectivity index is 1.21. The lowest BCUT2D eigenvalue weighted by Crippen LogP contribution is -2.64. The minimum atomic E-state index is -1.86. The van der Waals surface area contributed by atoms with Crippen molar-refractivity contribution in [2.45, 2.75) is 129 Å². The highest BCUT2D eigenvalue weighted by Crippen LogP contribution is 2.39. The number of nitrogens with zero attached hydrogens (tertiary/aromatic N) is 2. The van der Waals surface area contributed by atoms with Crippen LogP contribution in [0.4, 0.5) is 21.0 Å². The summed E-state index contributed by atoms with van der Waals surface area (Å²) in [7, 11) is 3.78. The van der Waals surface area contributed by atoms with Crippen molar-refractivity contribution in [1.82, 2.24) is 15.1 Å². The third-order valence-corrected chi connectivity index (χ3v) is 14.5. The summed E-state index contributed by atoms with van der Waals surface area (Å²) in [6, 6.07) is 8.49. The van der Waals surface area contributed by atoms with E-state index in [0.717, 1.165) is 33.5 Å². The molecule has 3 aromatic rings. The quantitative estimate of drug-likeness (QED) is 0.0168. The van der Waals surface area contributed by atoms with Crippen molar-refractivity contribution >= 4 is 65.2 Å². The van der Waals surface area contributed by atoms with Crippen LogP contribution >= 0.6 is 0 Å². The van der Waals surface area contributed by atoms with Crippen molar-refractivity contribution in [2.75, 3.05) is 97.8 Å². The number of carbonyl (C=O) groups excluding carboxylic acids is 9. The average Bonchev–Trinajstić information content (AvgIpc) is 1.26. The van der Waals surface area contributed by atoms with E-state index in [2.05, 4.69) is 33.9 Å². The Morgan fingerprint density at radius 2 is 1.16 bits per heavy atom. The van der Waals surface area contributed by atoms with Gasteiger partial charge in [0.05, 0.1) is 108 Å². The fourth-order valence-corrected chi connectivity index (χ4v) is 10.3. The number of carbonyl (C=O) groups is 9. The summed E-state index contributed by atoms with van der Waals surface area (Å²) in [6.45, 7) is 15.6. The van der Waals surface area contributed by atoms with Crippen molar-refractivity contribution in [3.8, 4) is 28.7 Å². The molecule has 5 amide bonds. The topological polar surface area (TPSA) is 392 Å². The summed E-state index contributed by atoms with van der Waals surface area (Å²) in [5.74, 6) is -0.308. The van der Waals surface area contributed by atoms with Crippen LogP contribution < -0.4 is 45.5 Å². The van der Waals surface area contributed by atoms with Crippen LogP contribution in [0.25, 0.3) is 0 Å². The molecule has 31 nitrogen and oxygen atoms in total. The first-order valence-electron chi connectivity index (χ1n) is 30.3. The van der Waals surface area contributed by atoms with Crippen LogP contribution in [-0.4, -0.2) is 209 Å². The molecule has 3 saturated heterocycles. The first kappa shape index (κ1) is 74.8. The minimum Gasteiger partial charge on any atom is -0.493 e. The Labute approximate surface area is 548 Å². The van der Waals surface area contributed by atoms with Crippen LogP contribution in [0.15, 0.2) is 66.8 Å². The Morgan fingerprint density at radius 1 is 0.632 bits per heavy atom. The number of amides is 5. The van der Waals surface area contributed by atoms with Gasteiger partial charge in [-0.15, -0.1) is 0 Å². The summed E-state index contributed by atoms with van der Waals surface area (Å²) in [6.07, 6.45) is -8.56. The second-order valence-electron chi connectivity index (χ2n) is 23.0. The molecule has 7 N–H and O–H groups in total. The van der Waals surface area contributed by atoms with Crippen LogP contribution in [0.1, 0.15) is 110 Å². The number of nitrogens with two attached hydrogens (primary N) is 1. The Bertz CT molecular complexity index is 3280. The third-order valence-electron chi connectivity index (χ3n) is 14.5. The zero-order valence-corrected chi connectivity index (χ0v) is 54.6. The van der Waals surface area contributed by atoms with Gasteiger partial charge in [0.15, 0.2) is 41.3 Å². The fourth-order valence-electron chi connectivity index (χ4n) is 10.3. The number of methoxy groups -OCH3 is 3. The number of unbranched alkanes of at least 4 members (excludes halogenated alkanes) is 2. The number of esters is 4. The van der Waals surface area contributed by atoms with Crippen molar-refractivity contribution in [1.29, 1.82) is 0 Å². The van der Waals surface area contributed by atoms with Crippen LogP contribution in [0, 0.1) is 0 Å². The van der Waals surface area contributed by atoms with Gasteiger partial charge in [-0.25, -0.2) is 20.3 Å². The lowest BCUT2D eigenvalue weighted by Gasteiger charge is -2.43. The maximum atomic E-state index is 14.4. The van der Waals surface area contributed by atoms with Gasteiger partial charge in [0.2, 0.25) is 12.4 Å². The highest BCUT2D eigenvalue weighted by molar-refractivity contribution is 6.05. The first-order chi connectivity index (χ1) is 45.2. The molecule has 3 aromatic carbocycles. The van der Waals surface area contributed by atoms with Crippen LogP contribution in [0.2, 0.25) is 0 Å². The van der Waals surface area contributed by atoms with Crippen LogP contribution in [0.3, 0.4) is 0 Å². The lowest BCUT2D eigenvalue weighted by atomic mass is 9.97. The molecule has 95 heavy (non-hydrogen) atoms. The average molecular weight is 1340 g/mol. The molecule has 3 aliphatic heterocycles. The van der Waals surface area contributed by atoms with E-state index < -0.39 is 109 Å².